The maximum absolute atomic E-state index is 14.0. The first kappa shape index (κ1) is 32.5. The summed E-state index contributed by atoms with van der Waals surface area (Å²) in [6.45, 7) is 4.60. The number of aromatic nitrogens is 4. The Morgan fingerprint density at radius 1 is 1.13 bits per heavy atom. The van der Waals surface area contributed by atoms with Crippen LogP contribution in [0.5, 0.6) is 17.4 Å². The van der Waals surface area contributed by atoms with E-state index in [1.807, 2.05) is 26.1 Å². The van der Waals surface area contributed by atoms with E-state index in [-0.39, 0.29) is 24.3 Å². The number of hydrogen-bond donors (Lipinski definition) is 2. The number of carbonyl (C=O) groups is 1. The zero-order valence-corrected chi connectivity index (χ0v) is 26.6. The number of nitrogens with one attached hydrogen (secondary N) is 2. The average Bonchev–Trinajstić information content (AvgIpc) is 3.48. The molecule has 47 heavy (non-hydrogen) atoms. The van der Waals surface area contributed by atoms with E-state index < -0.39 is 23.7 Å². The topological polar surface area (TPSA) is 118 Å². The number of carbonyl (C=O) groups excluding carboxylic acids is 1. The number of anilines is 1. The molecule has 2 N–H and O–H groups in total. The van der Waals surface area contributed by atoms with Gasteiger partial charge in [-0.25, -0.2) is 14.8 Å². The Balaban J connectivity index is 1.18. The quantitative estimate of drug-likeness (QED) is 0.214. The van der Waals surface area contributed by atoms with Crippen molar-refractivity contribution in [2.75, 3.05) is 45.7 Å². The molecule has 2 amide bonds. The van der Waals surface area contributed by atoms with Gasteiger partial charge < -0.3 is 34.3 Å². The Labute approximate surface area is 270 Å². The molecule has 0 spiro atoms. The number of alkyl halides is 3. The van der Waals surface area contributed by atoms with E-state index in [4.69, 9.17) is 19.2 Å². The first-order valence-corrected chi connectivity index (χ1v) is 15.7. The number of rotatable bonds is 9. The second kappa shape index (κ2) is 13.7. The average molecular weight is 654 g/mol. The fraction of sp³-hybridized carbons (Fsp3) is 0.455. The third kappa shape index (κ3) is 7.43. The molecule has 0 saturated carbocycles. The summed E-state index contributed by atoms with van der Waals surface area (Å²) >= 11 is 0. The number of halogens is 3. The number of methoxy groups -OCH3 is 1. The highest BCUT2D eigenvalue weighted by molar-refractivity contribution is 5.89. The van der Waals surface area contributed by atoms with Crippen molar-refractivity contribution in [3.8, 4) is 17.4 Å². The predicted octanol–water partition coefficient (Wildman–Crippen LogP) is 6.37. The van der Waals surface area contributed by atoms with Crippen molar-refractivity contribution in [3.05, 3.63) is 65.4 Å². The fourth-order valence-corrected chi connectivity index (χ4v) is 6.05. The number of amides is 2. The van der Waals surface area contributed by atoms with Crippen LogP contribution in [-0.2, 0) is 23.9 Å². The van der Waals surface area contributed by atoms with Crippen molar-refractivity contribution in [2.45, 2.75) is 57.3 Å². The Bertz CT molecular complexity index is 1720. The lowest BCUT2D eigenvalue weighted by atomic mass is 9.92. The summed E-state index contributed by atoms with van der Waals surface area (Å²) in [5, 5.41) is 3.44. The predicted molar refractivity (Wildman–Crippen MR) is 169 cm³/mol. The van der Waals surface area contributed by atoms with Crippen LogP contribution in [0.2, 0.25) is 0 Å². The summed E-state index contributed by atoms with van der Waals surface area (Å²) in [4.78, 5) is 33.5. The summed E-state index contributed by atoms with van der Waals surface area (Å²) in [6.07, 6.45) is 2.11. The Morgan fingerprint density at radius 3 is 2.68 bits per heavy atom. The van der Waals surface area contributed by atoms with Crippen molar-refractivity contribution in [3.63, 3.8) is 0 Å². The number of nitrogens with zero attached hydrogens (tertiary/aromatic N) is 5. The first-order valence-electron chi connectivity index (χ1n) is 15.7. The molecular weight excluding hydrogens is 615 g/mol. The van der Waals surface area contributed by atoms with Crippen molar-refractivity contribution in [2.24, 2.45) is 0 Å². The molecule has 2 aliphatic rings. The number of fused-ring (bicyclic) bond motifs is 2. The molecule has 1 saturated heterocycles. The molecule has 0 aromatic carbocycles. The molecule has 1 fully saturated rings. The van der Waals surface area contributed by atoms with E-state index >= 15 is 0 Å². The molecule has 2 aliphatic heterocycles. The number of likely N-dealkylation sites (tertiary alicyclic amines) is 1. The highest BCUT2D eigenvalue weighted by Gasteiger charge is 2.37. The van der Waals surface area contributed by atoms with Gasteiger partial charge in [-0.1, -0.05) is 6.92 Å². The minimum Gasteiger partial charge on any atom is -0.474 e. The van der Waals surface area contributed by atoms with Crippen LogP contribution in [0.25, 0.3) is 11.0 Å². The second-order valence-corrected chi connectivity index (χ2v) is 12.0. The normalized spacial score (nSPS) is 17.5. The van der Waals surface area contributed by atoms with Gasteiger partial charge in [-0.2, -0.15) is 13.2 Å². The zero-order chi connectivity index (χ0) is 33.1. The van der Waals surface area contributed by atoms with E-state index in [0.29, 0.717) is 56.0 Å². The molecule has 1 atom stereocenters. The lowest BCUT2D eigenvalue weighted by Crippen LogP contribution is -2.41. The van der Waals surface area contributed by atoms with Gasteiger partial charge in [0.25, 0.3) is 0 Å². The van der Waals surface area contributed by atoms with Crippen LogP contribution in [0, 0.1) is 0 Å². The van der Waals surface area contributed by atoms with Gasteiger partial charge in [0.05, 0.1) is 35.8 Å². The van der Waals surface area contributed by atoms with Crippen LogP contribution < -0.4 is 14.8 Å². The minimum atomic E-state index is -4.71. The van der Waals surface area contributed by atoms with Gasteiger partial charge in [-0.05, 0) is 56.1 Å². The largest absolute Gasteiger partial charge is 0.474 e. The van der Waals surface area contributed by atoms with Gasteiger partial charge in [-0.3, -0.25) is 4.98 Å². The Hall–Kier alpha value is -4.43. The Kier molecular flexibility index (Phi) is 9.50. The smallest absolute Gasteiger partial charge is 0.421 e. The van der Waals surface area contributed by atoms with Gasteiger partial charge in [0.1, 0.15) is 28.8 Å². The monoisotopic (exact) mass is 653 g/mol. The molecule has 0 radical (unpaired) electrons. The molecule has 0 bridgehead atoms. The summed E-state index contributed by atoms with van der Waals surface area (Å²) < 4.78 is 59.3. The Morgan fingerprint density at radius 2 is 1.94 bits per heavy atom. The molecule has 11 nitrogen and oxygen atoms in total. The van der Waals surface area contributed by atoms with Crippen molar-refractivity contribution >= 4 is 22.8 Å². The van der Waals surface area contributed by atoms with Gasteiger partial charge >= 0.3 is 12.2 Å². The maximum Gasteiger partial charge on any atom is 0.421 e. The number of urea groups is 1. The molecular formula is C33H38F3N7O4. The molecule has 6 rings (SSSR count). The molecule has 250 valence electrons. The third-order valence-corrected chi connectivity index (χ3v) is 8.65. The highest BCUT2D eigenvalue weighted by Crippen LogP contribution is 2.38. The van der Waals surface area contributed by atoms with Crippen molar-refractivity contribution in [1.82, 2.24) is 29.7 Å². The summed E-state index contributed by atoms with van der Waals surface area (Å²) in [5.74, 6) is 0.560. The van der Waals surface area contributed by atoms with Crippen molar-refractivity contribution in [1.29, 1.82) is 0 Å². The standard InChI is InChI=1S/C33H38F3N7O4/c1-4-20-18-43(32(44)41-23-15-27(33(34,35)36)31(39-16-23)47-24-6-10-42(2)11-7-24)19-21-13-25(17-38-29(20)21)46-28-5-9-37-30-26(28)14-22(40-30)8-12-45-3/h5,9,13-17,20,24H,4,6-8,10-12,18-19H2,1-3H3,(H,37,40)(H,41,44)/t20-/m1/s1. The second-order valence-electron chi connectivity index (χ2n) is 12.0. The fourth-order valence-electron chi connectivity index (χ4n) is 6.05. The van der Waals surface area contributed by atoms with Crippen LogP contribution in [-0.4, -0.2) is 82.3 Å². The zero-order valence-electron chi connectivity index (χ0n) is 26.6. The van der Waals surface area contributed by atoms with Crippen molar-refractivity contribution < 1.29 is 32.2 Å². The highest BCUT2D eigenvalue weighted by atomic mass is 19.4. The lowest BCUT2D eigenvalue weighted by molar-refractivity contribution is -0.139. The maximum atomic E-state index is 14.0. The number of pyridine rings is 3. The van der Waals surface area contributed by atoms with E-state index in [9.17, 15) is 18.0 Å². The molecule has 0 unspecified atom stereocenters. The first-order chi connectivity index (χ1) is 22.6. The molecule has 6 heterocycles. The summed E-state index contributed by atoms with van der Waals surface area (Å²) in [5.41, 5.74) is 2.24. The number of ether oxygens (including phenoxy) is 3. The van der Waals surface area contributed by atoms with Crippen LogP contribution in [0.4, 0.5) is 23.7 Å². The summed E-state index contributed by atoms with van der Waals surface area (Å²) in [7, 11) is 3.61. The van der Waals surface area contributed by atoms with Gasteiger partial charge in [0, 0.05) is 57.5 Å². The number of hydrogen-bond acceptors (Lipinski definition) is 8. The molecule has 4 aromatic heterocycles. The van der Waals surface area contributed by atoms with Crippen LogP contribution in [0.15, 0.2) is 42.9 Å². The molecule has 14 heteroatoms. The molecule has 4 aromatic rings. The van der Waals surface area contributed by atoms with E-state index in [1.54, 1.807) is 30.5 Å². The van der Waals surface area contributed by atoms with Gasteiger partial charge in [-0.15, -0.1) is 0 Å². The number of aromatic amines is 1. The summed E-state index contributed by atoms with van der Waals surface area (Å²) in [6, 6.07) is 5.96. The number of piperidine rings is 1. The van der Waals surface area contributed by atoms with Gasteiger partial charge in [0.15, 0.2) is 0 Å². The van der Waals surface area contributed by atoms with E-state index in [0.717, 1.165) is 41.5 Å². The van der Waals surface area contributed by atoms with Crippen LogP contribution >= 0.6 is 0 Å². The van der Waals surface area contributed by atoms with E-state index in [1.165, 1.54) is 6.20 Å². The van der Waals surface area contributed by atoms with Crippen LogP contribution in [0.3, 0.4) is 0 Å². The van der Waals surface area contributed by atoms with Crippen LogP contribution in [0.1, 0.15) is 54.6 Å². The SMILES string of the molecule is CC[C@@H]1CN(C(=O)Nc2cnc(OC3CCN(C)CC3)c(C(F)(F)F)c2)Cc2cc(Oc3ccnc4[nH]c(CCOC)cc34)cnc21. The number of H-pyrrole nitrogens is 1. The van der Waals surface area contributed by atoms with E-state index in [2.05, 4.69) is 25.2 Å². The lowest BCUT2D eigenvalue weighted by Gasteiger charge is -2.33. The van der Waals surface area contributed by atoms with Gasteiger partial charge in [0.2, 0.25) is 5.88 Å². The minimum absolute atomic E-state index is 0.0617. The molecule has 0 aliphatic carbocycles. The third-order valence-electron chi connectivity index (χ3n) is 8.65.